The summed E-state index contributed by atoms with van der Waals surface area (Å²) in [5.41, 5.74) is 3.97. The number of rotatable bonds is 7. The zero-order valence-corrected chi connectivity index (χ0v) is 18.0. The molecular weight excluding hydrogens is 370 g/mol. The minimum absolute atomic E-state index is 0.0326. The average molecular weight is 398 g/mol. The van der Waals surface area contributed by atoms with E-state index in [2.05, 4.69) is 30.9 Å². The number of benzene rings is 2. The van der Waals surface area contributed by atoms with E-state index in [1.54, 1.807) is 18.4 Å². The van der Waals surface area contributed by atoms with Crippen molar-refractivity contribution in [3.63, 3.8) is 0 Å². The van der Waals surface area contributed by atoms with Crippen LogP contribution in [0.4, 0.5) is 5.13 Å². The molecule has 0 aliphatic rings. The van der Waals surface area contributed by atoms with E-state index in [0.717, 1.165) is 34.1 Å². The summed E-state index contributed by atoms with van der Waals surface area (Å²) in [4.78, 5) is 22.0. The molecule has 0 aliphatic heterocycles. The first-order valence-electron chi connectivity index (χ1n) is 9.37. The third-order valence-corrected chi connectivity index (χ3v) is 5.84. The largest absolute Gasteiger partial charge is 0.497 e. The number of methoxy groups -OCH3 is 1. The molecule has 5 nitrogen and oxygen atoms in total. The predicted molar refractivity (Wildman–Crippen MR) is 117 cm³/mol. The number of anilines is 1. The Morgan fingerprint density at radius 3 is 2.46 bits per heavy atom. The van der Waals surface area contributed by atoms with Crippen LogP contribution in [0.5, 0.6) is 5.75 Å². The van der Waals surface area contributed by atoms with E-state index in [0.29, 0.717) is 12.1 Å². The van der Waals surface area contributed by atoms with E-state index < -0.39 is 0 Å². The summed E-state index contributed by atoms with van der Waals surface area (Å²) in [6.07, 6.45) is 0.878. The van der Waals surface area contributed by atoms with Crippen molar-refractivity contribution in [2.24, 2.45) is 0 Å². The first-order chi connectivity index (χ1) is 13.4. The molecule has 0 spiro atoms. The van der Waals surface area contributed by atoms with Crippen LogP contribution in [-0.2, 0) is 0 Å². The van der Waals surface area contributed by atoms with Gasteiger partial charge in [0.15, 0.2) is 5.13 Å². The van der Waals surface area contributed by atoms with E-state index in [9.17, 15) is 4.79 Å². The van der Waals surface area contributed by atoms with Crippen molar-refractivity contribution in [2.45, 2.75) is 20.3 Å². The number of hydrogen-bond donors (Lipinski definition) is 0. The minimum Gasteiger partial charge on any atom is -0.497 e. The maximum absolute atomic E-state index is 13.3. The van der Waals surface area contributed by atoms with Crippen molar-refractivity contribution >= 4 is 32.6 Å². The highest BCUT2D eigenvalue weighted by Crippen LogP contribution is 2.33. The van der Waals surface area contributed by atoms with Gasteiger partial charge in [-0.05, 0) is 82.4 Å². The second kappa shape index (κ2) is 8.71. The molecular formula is C22H27N3O2S. The minimum atomic E-state index is -0.0326. The molecule has 0 saturated carbocycles. The van der Waals surface area contributed by atoms with Gasteiger partial charge in [-0.2, -0.15) is 0 Å². The molecule has 0 unspecified atom stereocenters. The Kier molecular flexibility index (Phi) is 6.31. The van der Waals surface area contributed by atoms with E-state index in [-0.39, 0.29) is 5.91 Å². The third kappa shape index (κ3) is 4.51. The number of fused-ring (bicyclic) bond motifs is 1. The number of aryl methyl sites for hydroxylation is 2. The van der Waals surface area contributed by atoms with Gasteiger partial charge < -0.3 is 9.64 Å². The van der Waals surface area contributed by atoms with Gasteiger partial charge in [0, 0.05) is 12.1 Å². The fraction of sp³-hybridized carbons (Fsp3) is 0.364. The standard InChI is InChI=1S/C22H27N3O2S/c1-15-13-16(2)20-19(14-15)23-22(28-20)25(12-6-11-24(3)4)21(26)17-7-9-18(27-5)10-8-17/h7-10,13-14H,6,11-12H2,1-5H3. The van der Waals surface area contributed by atoms with Gasteiger partial charge in [-0.25, -0.2) is 4.98 Å². The lowest BCUT2D eigenvalue weighted by Crippen LogP contribution is -2.33. The van der Waals surface area contributed by atoms with Crippen LogP contribution in [0.15, 0.2) is 36.4 Å². The van der Waals surface area contributed by atoms with Crippen molar-refractivity contribution in [3.8, 4) is 5.75 Å². The summed E-state index contributed by atoms with van der Waals surface area (Å²) in [5, 5.41) is 0.753. The predicted octanol–water partition coefficient (Wildman–Crippen LogP) is 4.52. The van der Waals surface area contributed by atoms with E-state index in [4.69, 9.17) is 9.72 Å². The number of thiazole rings is 1. The Morgan fingerprint density at radius 1 is 1.11 bits per heavy atom. The van der Waals surface area contributed by atoms with E-state index in [1.165, 1.54) is 11.1 Å². The first kappa shape index (κ1) is 20.3. The molecule has 0 N–H and O–H groups in total. The molecule has 1 heterocycles. The molecule has 0 bridgehead atoms. The smallest absolute Gasteiger partial charge is 0.260 e. The summed E-state index contributed by atoms with van der Waals surface area (Å²) in [7, 11) is 5.70. The molecule has 28 heavy (non-hydrogen) atoms. The fourth-order valence-electron chi connectivity index (χ4n) is 3.20. The second-order valence-electron chi connectivity index (χ2n) is 7.27. The van der Waals surface area contributed by atoms with Crippen LogP contribution >= 0.6 is 11.3 Å². The molecule has 3 rings (SSSR count). The number of hydrogen-bond acceptors (Lipinski definition) is 5. The Hall–Kier alpha value is -2.44. The molecule has 1 amide bonds. The topological polar surface area (TPSA) is 45.7 Å². The van der Waals surface area contributed by atoms with Gasteiger partial charge in [0.2, 0.25) is 0 Å². The lowest BCUT2D eigenvalue weighted by atomic mass is 10.1. The van der Waals surface area contributed by atoms with Gasteiger partial charge in [0.05, 0.1) is 17.3 Å². The highest BCUT2D eigenvalue weighted by molar-refractivity contribution is 7.22. The van der Waals surface area contributed by atoms with Crippen LogP contribution in [0.2, 0.25) is 0 Å². The molecule has 0 saturated heterocycles. The van der Waals surface area contributed by atoms with Crippen molar-refractivity contribution in [2.75, 3.05) is 39.2 Å². The molecule has 0 fully saturated rings. The van der Waals surface area contributed by atoms with E-state index in [1.807, 2.05) is 43.3 Å². The summed E-state index contributed by atoms with van der Waals surface area (Å²) in [5.74, 6) is 0.705. The Labute approximate surface area is 170 Å². The number of nitrogens with zero attached hydrogens (tertiary/aromatic N) is 3. The van der Waals surface area contributed by atoms with Crippen molar-refractivity contribution in [1.29, 1.82) is 0 Å². The van der Waals surface area contributed by atoms with Crippen molar-refractivity contribution in [3.05, 3.63) is 53.1 Å². The third-order valence-electron chi connectivity index (χ3n) is 4.61. The van der Waals surface area contributed by atoms with Crippen LogP contribution < -0.4 is 9.64 Å². The molecule has 0 radical (unpaired) electrons. The summed E-state index contributed by atoms with van der Waals surface area (Å²) < 4.78 is 6.35. The molecule has 0 aliphatic carbocycles. The normalized spacial score (nSPS) is 11.2. The fourth-order valence-corrected chi connectivity index (χ4v) is 4.24. The summed E-state index contributed by atoms with van der Waals surface area (Å²) in [6.45, 7) is 5.71. The Morgan fingerprint density at radius 2 is 1.82 bits per heavy atom. The van der Waals surface area contributed by atoms with Gasteiger partial charge in [-0.15, -0.1) is 0 Å². The lowest BCUT2D eigenvalue weighted by Gasteiger charge is -2.21. The van der Waals surface area contributed by atoms with Gasteiger partial charge >= 0.3 is 0 Å². The van der Waals surface area contributed by atoms with Crippen molar-refractivity contribution in [1.82, 2.24) is 9.88 Å². The zero-order valence-electron chi connectivity index (χ0n) is 17.2. The second-order valence-corrected chi connectivity index (χ2v) is 8.25. The SMILES string of the molecule is COc1ccc(C(=O)N(CCCN(C)C)c2nc3cc(C)cc(C)c3s2)cc1. The molecule has 0 atom stereocenters. The monoisotopic (exact) mass is 397 g/mol. The number of amides is 1. The number of aromatic nitrogens is 1. The van der Waals surface area contributed by atoms with Gasteiger partial charge in [0.1, 0.15) is 5.75 Å². The summed E-state index contributed by atoms with van der Waals surface area (Å²) >= 11 is 1.59. The van der Waals surface area contributed by atoms with Gasteiger partial charge in [0.25, 0.3) is 5.91 Å². The molecule has 1 aromatic heterocycles. The van der Waals surface area contributed by atoms with Gasteiger partial charge in [-0.1, -0.05) is 17.4 Å². The zero-order chi connectivity index (χ0) is 20.3. The van der Waals surface area contributed by atoms with Gasteiger partial charge in [-0.3, -0.25) is 9.69 Å². The lowest BCUT2D eigenvalue weighted by molar-refractivity contribution is 0.0986. The molecule has 148 valence electrons. The molecule has 3 aromatic rings. The number of carbonyl (C=O) groups excluding carboxylic acids is 1. The van der Waals surface area contributed by atoms with E-state index >= 15 is 0 Å². The van der Waals surface area contributed by atoms with Crippen LogP contribution in [0.3, 0.4) is 0 Å². The van der Waals surface area contributed by atoms with Crippen LogP contribution in [0.1, 0.15) is 27.9 Å². The maximum Gasteiger partial charge on any atom is 0.260 e. The van der Waals surface area contributed by atoms with Crippen LogP contribution in [0.25, 0.3) is 10.2 Å². The number of ether oxygens (including phenoxy) is 1. The first-order valence-corrected chi connectivity index (χ1v) is 10.2. The van der Waals surface area contributed by atoms with Crippen LogP contribution in [0, 0.1) is 13.8 Å². The Balaban J connectivity index is 1.95. The number of carbonyl (C=O) groups is 1. The average Bonchev–Trinajstić information content (AvgIpc) is 3.08. The maximum atomic E-state index is 13.3. The highest BCUT2D eigenvalue weighted by atomic mass is 32.1. The summed E-state index contributed by atoms with van der Waals surface area (Å²) in [6, 6.07) is 11.5. The Bertz CT molecular complexity index is 964. The van der Waals surface area contributed by atoms with Crippen molar-refractivity contribution < 1.29 is 9.53 Å². The highest BCUT2D eigenvalue weighted by Gasteiger charge is 2.22. The molecule has 6 heteroatoms. The molecule has 2 aromatic carbocycles. The van der Waals surface area contributed by atoms with Crippen LogP contribution in [-0.4, -0.2) is 50.1 Å². The quantitative estimate of drug-likeness (QED) is 0.588.